The number of methoxy groups -OCH3 is 1. The van der Waals surface area contributed by atoms with Crippen LogP contribution >= 0.6 is 0 Å². The first-order chi connectivity index (χ1) is 8.06. The number of esters is 1. The molecule has 0 aliphatic heterocycles. The van der Waals surface area contributed by atoms with Crippen molar-refractivity contribution in [2.24, 2.45) is 0 Å². The van der Waals surface area contributed by atoms with Crippen LogP contribution in [0.1, 0.15) is 22.5 Å². The van der Waals surface area contributed by atoms with E-state index in [1.165, 1.54) is 0 Å². The average molecular weight is 244 g/mol. The van der Waals surface area contributed by atoms with Crippen LogP contribution < -0.4 is 0 Å². The number of alkyl halides is 2. The molecule has 0 atom stereocenters. The minimum absolute atomic E-state index is 0.0629. The van der Waals surface area contributed by atoms with Crippen molar-refractivity contribution in [2.45, 2.75) is 6.43 Å². The fraction of sp³-hybridized carbons (Fsp3) is 0.200. The van der Waals surface area contributed by atoms with E-state index in [1.54, 1.807) is 0 Å². The number of halogens is 3. The van der Waals surface area contributed by atoms with Gasteiger partial charge in [0.05, 0.1) is 18.1 Å². The molecule has 0 spiro atoms. The number of nitrogens with one attached hydrogen (secondary N) is 1. The summed E-state index contributed by atoms with van der Waals surface area (Å²) in [5, 5.41) is 5.16. The monoisotopic (exact) mass is 244 g/mol. The maximum Gasteiger partial charge on any atom is 0.340 e. The molecular formula is C10H7F3N2O2. The Kier molecular flexibility index (Phi) is 2.74. The van der Waals surface area contributed by atoms with E-state index in [0.717, 1.165) is 19.2 Å². The Morgan fingerprint density at radius 1 is 1.47 bits per heavy atom. The van der Waals surface area contributed by atoms with Crippen molar-refractivity contribution < 1.29 is 22.7 Å². The van der Waals surface area contributed by atoms with E-state index in [0.29, 0.717) is 0 Å². The van der Waals surface area contributed by atoms with Gasteiger partial charge in [-0.05, 0) is 12.1 Å². The number of ether oxygens (including phenoxy) is 1. The number of H-pyrrole nitrogens is 1. The Morgan fingerprint density at radius 3 is 2.76 bits per heavy atom. The van der Waals surface area contributed by atoms with E-state index in [9.17, 15) is 18.0 Å². The molecule has 0 saturated carbocycles. The Bertz CT molecular complexity index is 580. The molecule has 1 aromatic heterocycles. The van der Waals surface area contributed by atoms with Crippen LogP contribution in [0.3, 0.4) is 0 Å². The van der Waals surface area contributed by atoms with Gasteiger partial charge < -0.3 is 4.74 Å². The molecular weight excluding hydrogens is 237 g/mol. The smallest absolute Gasteiger partial charge is 0.340 e. The quantitative estimate of drug-likeness (QED) is 0.825. The summed E-state index contributed by atoms with van der Waals surface area (Å²) in [4.78, 5) is 11.3. The van der Waals surface area contributed by atoms with E-state index in [1.807, 2.05) is 5.10 Å². The van der Waals surface area contributed by atoms with Crippen LogP contribution in [0.4, 0.5) is 13.2 Å². The van der Waals surface area contributed by atoms with E-state index >= 15 is 0 Å². The molecule has 4 nitrogen and oxygen atoms in total. The standard InChI is InChI=1S/C10H7F3N2O2/c1-17-10(16)4-2-3-5(11)6-7(4)14-15-8(6)9(12)13/h2-3,9H,1H3,(H,14,15). The number of rotatable bonds is 2. The maximum atomic E-state index is 13.4. The van der Waals surface area contributed by atoms with E-state index < -0.39 is 23.9 Å². The SMILES string of the molecule is COC(=O)c1ccc(F)c2c(C(F)F)[nH]nc12. The van der Waals surface area contributed by atoms with Gasteiger partial charge in [0.1, 0.15) is 17.0 Å². The van der Waals surface area contributed by atoms with Crippen molar-refractivity contribution in [1.82, 2.24) is 10.2 Å². The summed E-state index contributed by atoms with van der Waals surface area (Å²) in [6.45, 7) is 0. The lowest BCUT2D eigenvalue weighted by Crippen LogP contribution is -2.02. The van der Waals surface area contributed by atoms with Crippen LogP contribution in [0.2, 0.25) is 0 Å². The van der Waals surface area contributed by atoms with Crippen molar-refractivity contribution in [3.8, 4) is 0 Å². The highest BCUT2D eigenvalue weighted by molar-refractivity contribution is 6.03. The van der Waals surface area contributed by atoms with Crippen LogP contribution in [0.15, 0.2) is 12.1 Å². The molecule has 0 radical (unpaired) electrons. The van der Waals surface area contributed by atoms with Gasteiger partial charge in [0.15, 0.2) is 0 Å². The number of nitrogens with zero attached hydrogens (tertiary/aromatic N) is 1. The van der Waals surface area contributed by atoms with Gasteiger partial charge >= 0.3 is 5.97 Å². The fourth-order valence-corrected chi connectivity index (χ4v) is 1.54. The zero-order valence-electron chi connectivity index (χ0n) is 8.63. The average Bonchev–Trinajstić information content (AvgIpc) is 2.74. The lowest BCUT2D eigenvalue weighted by atomic mass is 10.1. The second-order valence-electron chi connectivity index (χ2n) is 3.25. The van der Waals surface area contributed by atoms with Gasteiger partial charge in [0, 0.05) is 0 Å². The summed E-state index contributed by atoms with van der Waals surface area (Å²) in [5.41, 5.74) is -0.873. The number of fused-ring (bicyclic) bond motifs is 1. The summed E-state index contributed by atoms with van der Waals surface area (Å²) in [6.07, 6.45) is -2.90. The van der Waals surface area contributed by atoms with E-state index in [2.05, 4.69) is 9.84 Å². The Morgan fingerprint density at radius 2 is 2.18 bits per heavy atom. The second-order valence-corrected chi connectivity index (χ2v) is 3.25. The molecule has 2 aromatic rings. The lowest BCUT2D eigenvalue weighted by Gasteiger charge is -2.01. The molecule has 17 heavy (non-hydrogen) atoms. The molecule has 90 valence electrons. The molecule has 7 heteroatoms. The summed E-state index contributed by atoms with van der Waals surface area (Å²) in [5.74, 6) is -1.63. The normalized spacial score (nSPS) is 11.1. The molecule has 1 heterocycles. The van der Waals surface area contributed by atoms with Crippen LogP contribution in [-0.2, 0) is 4.74 Å². The molecule has 0 bridgehead atoms. The van der Waals surface area contributed by atoms with Gasteiger partial charge in [-0.3, -0.25) is 5.10 Å². The molecule has 0 unspecified atom stereocenters. The van der Waals surface area contributed by atoms with Crippen molar-refractivity contribution in [3.05, 3.63) is 29.2 Å². The molecule has 0 amide bonds. The highest BCUT2D eigenvalue weighted by Gasteiger charge is 2.22. The topological polar surface area (TPSA) is 55.0 Å². The van der Waals surface area contributed by atoms with Crippen LogP contribution in [0, 0.1) is 5.82 Å². The van der Waals surface area contributed by atoms with E-state index in [4.69, 9.17) is 0 Å². The van der Waals surface area contributed by atoms with Crippen molar-refractivity contribution >= 4 is 16.9 Å². The molecule has 0 saturated heterocycles. The van der Waals surface area contributed by atoms with Gasteiger partial charge in [-0.1, -0.05) is 0 Å². The number of hydrogen-bond donors (Lipinski definition) is 1. The van der Waals surface area contributed by atoms with Gasteiger partial charge in [0.2, 0.25) is 0 Å². The van der Waals surface area contributed by atoms with Gasteiger partial charge in [-0.2, -0.15) is 5.10 Å². The first kappa shape index (κ1) is 11.4. The zero-order chi connectivity index (χ0) is 12.6. The minimum atomic E-state index is -2.90. The lowest BCUT2D eigenvalue weighted by molar-refractivity contribution is 0.0602. The van der Waals surface area contributed by atoms with Crippen molar-refractivity contribution in [3.63, 3.8) is 0 Å². The van der Waals surface area contributed by atoms with E-state index in [-0.39, 0.29) is 16.5 Å². The third-order valence-electron chi connectivity index (χ3n) is 2.31. The fourth-order valence-electron chi connectivity index (χ4n) is 1.54. The Balaban J connectivity index is 2.76. The largest absolute Gasteiger partial charge is 0.465 e. The molecule has 1 N–H and O–H groups in total. The number of aromatic nitrogens is 2. The highest BCUT2D eigenvalue weighted by atomic mass is 19.3. The van der Waals surface area contributed by atoms with Crippen molar-refractivity contribution in [2.75, 3.05) is 7.11 Å². The number of carbonyl (C=O) groups excluding carboxylic acids is 1. The third-order valence-corrected chi connectivity index (χ3v) is 2.31. The van der Waals surface area contributed by atoms with Gasteiger partial charge in [0.25, 0.3) is 6.43 Å². The minimum Gasteiger partial charge on any atom is -0.465 e. The number of benzene rings is 1. The van der Waals surface area contributed by atoms with Gasteiger partial charge in [-0.25, -0.2) is 18.0 Å². The number of aromatic amines is 1. The predicted octanol–water partition coefficient (Wildman–Crippen LogP) is 2.43. The summed E-state index contributed by atoms with van der Waals surface area (Å²) < 4.78 is 43.0. The predicted molar refractivity (Wildman–Crippen MR) is 52.3 cm³/mol. The molecule has 0 aliphatic carbocycles. The summed E-state index contributed by atoms with van der Waals surface area (Å²) in [6, 6.07) is 2.07. The van der Waals surface area contributed by atoms with Crippen LogP contribution in [0.25, 0.3) is 10.9 Å². The second kappa shape index (κ2) is 4.08. The van der Waals surface area contributed by atoms with Crippen molar-refractivity contribution in [1.29, 1.82) is 0 Å². The third kappa shape index (κ3) is 1.73. The summed E-state index contributed by atoms with van der Waals surface area (Å²) in [7, 11) is 1.14. The molecule has 1 aromatic carbocycles. The van der Waals surface area contributed by atoms with Crippen LogP contribution in [0.5, 0.6) is 0 Å². The Labute approximate surface area is 93.4 Å². The van der Waals surface area contributed by atoms with Gasteiger partial charge in [-0.15, -0.1) is 0 Å². The number of hydrogen-bond acceptors (Lipinski definition) is 3. The summed E-state index contributed by atoms with van der Waals surface area (Å²) >= 11 is 0. The maximum absolute atomic E-state index is 13.4. The first-order valence-electron chi connectivity index (χ1n) is 4.59. The first-order valence-corrected chi connectivity index (χ1v) is 4.59. The zero-order valence-corrected chi connectivity index (χ0v) is 8.63. The molecule has 0 fully saturated rings. The Hall–Kier alpha value is -2.05. The molecule has 0 aliphatic rings. The highest BCUT2D eigenvalue weighted by Crippen LogP contribution is 2.29. The molecule has 2 rings (SSSR count). The number of carbonyl (C=O) groups is 1. The van der Waals surface area contributed by atoms with Crippen LogP contribution in [-0.4, -0.2) is 23.3 Å².